The summed E-state index contributed by atoms with van der Waals surface area (Å²) in [7, 11) is 0. The van der Waals surface area contributed by atoms with Crippen molar-refractivity contribution in [1.82, 2.24) is 5.32 Å². The van der Waals surface area contributed by atoms with E-state index in [1.165, 1.54) is 24.0 Å². The van der Waals surface area contributed by atoms with Gasteiger partial charge in [-0.2, -0.15) is 0 Å². The van der Waals surface area contributed by atoms with E-state index in [-0.39, 0.29) is 6.04 Å². The standard InChI is InChI=1S/C21H23BrN2O2/c1-2-19(16-8-7-14-5-3-4-6-15(14)13-16)24-21(26)20(25)23-18-11-9-17(22)10-12-18/h7-13,19H,2-6H2,1H3,(H,23,25)(H,24,26). The number of amides is 2. The van der Waals surface area contributed by atoms with Crippen LogP contribution in [0.2, 0.25) is 0 Å². The minimum absolute atomic E-state index is 0.162. The molecule has 0 aromatic heterocycles. The van der Waals surface area contributed by atoms with Crippen molar-refractivity contribution >= 4 is 33.4 Å². The molecule has 0 heterocycles. The van der Waals surface area contributed by atoms with Crippen molar-refractivity contribution in [3.05, 3.63) is 63.6 Å². The largest absolute Gasteiger partial charge is 0.341 e. The Morgan fingerprint density at radius 2 is 1.69 bits per heavy atom. The number of carbonyl (C=O) groups is 2. The molecule has 0 bridgehead atoms. The average Bonchev–Trinajstić information content (AvgIpc) is 2.67. The number of hydrogen-bond acceptors (Lipinski definition) is 2. The van der Waals surface area contributed by atoms with Crippen LogP contribution in [0.1, 0.15) is 48.9 Å². The highest BCUT2D eigenvalue weighted by Gasteiger charge is 2.20. The van der Waals surface area contributed by atoms with E-state index >= 15 is 0 Å². The third-order valence-corrected chi connectivity index (χ3v) is 5.33. The monoisotopic (exact) mass is 414 g/mol. The number of carbonyl (C=O) groups excluding carboxylic acids is 2. The van der Waals surface area contributed by atoms with Gasteiger partial charge in [0.2, 0.25) is 0 Å². The Bertz CT molecular complexity index is 802. The van der Waals surface area contributed by atoms with Crippen LogP contribution in [-0.4, -0.2) is 11.8 Å². The predicted octanol–water partition coefficient (Wildman–Crippen LogP) is 4.53. The first-order valence-electron chi connectivity index (χ1n) is 9.06. The number of hydrogen-bond donors (Lipinski definition) is 2. The van der Waals surface area contributed by atoms with Crippen LogP contribution in [0.4, 0.5) is 5.69 Å². The summed E-state index contributed by atoms with van der Waals surface area (Å²) >= 11 is 3.34. The molecule has 1 aliphatic rings. The molecule has 0 radical (unpaired) electrons. The van der Waals surface area contributed by atoms with Crippen LogP contribution in [0.15, 0.2) is 46.9 Å². The number of fused-ring (bicyclic) bond motifs is 1. The molecule has 0 saturated carbocycles. The summed E-state index contributed by atoms with van der Waals surface area (Å²) in [4.78, 5) is 24.5. The third-order valence-electron chi connectivity index (χ3n) is 4.80. The zero-order valence-electron chi connectivity index (χ0n) is 14.8. The van der Waals surface area contributed by atoms with E-state index in [1.807, 2.05) is 19.1 Å². The van der Waals surface area contributed by atoms with Gasteiger partial charge in [-0.1, -0.05) is 41.1 Å². The molecule has 0 aliphatic heterocycles. The highest BCUT2D eigenvalue weighted by molar-refractivity contribution is 9.10. The van der Waals surface area contributed by atoms with Gasteiger partial charge in [0.15, 0.2) is 0 Å². The van der Waals surface area contributed by atoms with Crippen LogP contribution < -0.4 is 10.6 Å². The van der Waals surface area contributed by atoms with Crippen molar-refractivity contribution in [3.8, 4) is 0 Å². The molecule has 0 fully saturated rings. The topological polar surface area (TPSA) is 58.2 Å². The van der Waals surface area contributed by atoms with Gasteiger partial charge >= 0.3 is 11.8 Å². The Kier molecular flexibility index (Phi) is 6.09. The summed E-state index contributed by atoms with van der Waals surface area (Å²) < 4.78 is 0.915. The molecule has 136 valence electrons. The Balaban J connectivity index is 1.66. The lowest BCUT2D eigenvalue weighted by Gasteiger charge is -2.21. The lowest BCUT2D eigenvalue weighted by molar-refractivity contribution is -0.136. The molecule has 5 heteroatoms. The van der Waals surface area contributed by atoms with E-state index in [9.17, 15) is 9.59 Å². The van der Waals surface area contributed by atoms with Gasteiger partial charge in [0.05, 0.1) is 6.04 Å². The number of aryl methyl sites for hydroxylation is 2. The van der Waals surface area contributed by atoms with Gasteiger partial charge in [-0.25, -0.2) is 0 Å². The van der Waals surface area contributed by atoms with Crippen LogP contribution in [0.3, 0.4) is 0 Å². The lowest BCUT2D eigenvalue weighted by atomic mass is 9.89. The first kappa shape index (κ1) is 18.6. The van der Waals surface area contributed by atoms with E-state index in [2.05, 4.69) is 44.8 Å². The zero-order chi connectivity index (χ0) is 18.5. The quantitative estimate of drug-likeness (QED) is 0.721. The smallest absolute Gasteiger partial charge is 0.313 e. The first-order chi connectivity index (χ1) is 12.6. The predicted molar refractivity (Wildman–Crippen MR) is 107 cm³/mol. The van der Waals surface area contributed by atoms with Gasteiger partial charge in [-0.15, -0.1) is 0 Å². The van der Waals surface area contributed by atoms with Gasteiger partial charge in [0, 0.05) is 10.2 Å². The Labute approximate surface area is 162 Å². The van der Waals surface area contributed by atoms with Crippen molar-refractivity contribution in [2.75, 3.05) is 5.32 Å². The Morgan fingerprint density at radius 3 is 2.38 bits per heavy atom. The maximum Gasteiger partial charge on any atom is 0.313 e. The minimum atomic E-state index is -0.649. The van der Waals surface area contributed by atoms with Crippen molar-refractivity contribution in [1.29, 1.82) is 0 Å². The van der Waals surface area contributed by atoms with Crippen molar-refractivity contribution in [2.24, 2.45) is 0 Å². The summed E-state index contributed by atoms with van der Waals surface area (Å²) in [5, 5.41) is 5.49. The van der Waals surface area contributed by atoms with E-state index < -0.39 is 11.8 Å². The van der Waals surface area contributed by atoms with Gasteiger partial charge in [-0.05, 0) is 73.1 Å². The van der Waals surface area contributed by atoms with Crippen molar-refractivity contribution < 1.29 is 9.59 Å². The molecule has 1 unspecified atom stereocenters. The Morgan fingerprint density at radius 1 is 1.00 bits per heavy atom. The second kappa shape index (κ2) is 8.49. The molecule has 2 amide bonds. The fourth-order valence-electron chi connectivity index (χ4n) is 3.34. The first-order valence-corrected chi connectivity index (χ1v) is 9.85. The van der Waals surface area contributed by atoms with E-state index in [4.69, 9.17) is 0 Å². The van der Waals surface area contributed by atoms with E-state index in [1.54, 1.807) is 12.1 Å². The van der Waals surface area contributed by atoms with Crippen LogP contribution in [0.5, 0.6) is 0 Å². The molecule has 0 saturated heterocycles. The Hall–Kier alpha value is -2.14. The van der Waals surface area contributed by atoms with Gasteiger partial charge in [-0.3, -0.25) is 9.59 Å². The third kappa shape index (κ3) is 4.52. The molecular formula is C21H23BrN2O2. The normalized spacial score (nSPS) is 14.2. The molecule has 1 atom stereocenters. The number of anilines is 1. The summed E-state index contributed by atoms with van der Waals surface area (Å²) in [5.41, 5.74) is 4.45. The fraction of sp³-hybridized carbons (Fsp3) is 0.333. The summed E-state index contributed by atoms with van der Waals surface area (Å²) in [5.74, 6) is -1.26. The minimum Gasteiger partial charge on any atom is -0.341 e. The van der Waals surface area contributed by atoms with Gasteiger partial charge < -0.3 is 10.6 Å². The van der Waals surface area contributed by atoms with Crippen LogP contribution in [0, 0.1) is 0 Å². The molecule has 4 nitrogen and oxygen atoms in total. The average molecular weight is 415 g/mol. The van der Waals surface area contributed by atoms with Gasteiger partial charge in [0.1, 0.15) is 0 Å². The summed E-state index contributed by atoms with van der Waals surface area (Å²) in [6.45, 7) is 2.01. The second-order valence-electron chi connectivity index (χ2n) is 6.63. The van der Waals surface area contributed by atoms with Gasteiger partial charge in [0.25, 0.3) is 0 Å². The van der Waals surface area contributed by atoms with Crippen molar-refractivity contribution in [2.45, 2.75) is 45.1 Å². The molecule has 2 N–H and O–H groups in total. The fourth-order valence-corrected chi connectivity index (χ4v) is 3.60. The molecule has 2 aromatic rings. The summed E-state index contributed by atoms with van der Waals surface area (Å²) in [6, 6.07) is 13.4. The lowest BCUT2D eigenvalue weighted by Crippen LogP contribution is -2.37. The summed E-state index contributed by atoms with van der Waals surface area (Å²) in [6.07, 6.45) is 5.42. The maximum absolute atomic E-state index is 12.3. The molecular weight excluding hydrogens is 392 g/mol. The van der Waals surface area contributed by atoms with E-state index in [0.29, 0.717) is 5.69 Å². The maximum atomic E-state index is 12.3. The SMILES string of the molecule is CCC(NC(=O)C(=O)Nc1ccc(Br)cc1)c1ccc2c(c1)CCCC2. The molecule has 26 heavy (non-hydrogen) atoms. The zero-order valence-corrected chi connectivity index (χ0v) is 16.4. The molecule has 2 aromatic carbocycles. The van der Waals surface area contributed by atoms with E-state index in [0.717, 1.165) is 29.3 Å². The molecule has 1 aliphatic carbocycles. The second-order valence-corrected chi connectivity index (χ2v) is 7.55. The van der Waals surface area contributed by atoms with Crippen LogP contribution in [0.25, 0.3) is 0 Å². The number of nitrogens with one attached hydrogen (secondary N) is 2. The highest BCUT2D eigenvalue weighted by Crippen LogP contribution is 2.26. The number of halogens is 1. The molecule has 0 spiro atoms. The number of rotatable bonds is 4. The molecule has 3 rings (SSSR count). The number of benzene rings is 2. The van der Waals surface area contributed by atoms with Crippen LogP contribution >= 0.6 is 15.9 Å². The van der Waals surface area contributed by atoms with Crippen molar-refractivity contribution in [3.63, 3.8) is 0 Å². The highest BCUT2D eigenvalue weighted by atomic mass is 79.9. The van der Waals surface area contributed by atoms with Crippen LogP contribution in [-0.2, 0) is 22.4 Å².